The number of aromatic nitrogens is 4. The number of piperidine rings is 1. The second-order valence-electron chi connectivity index (χ2n) is 6.77. The number of anilines is 3. The van der Waals surface area contributed by atoms with Crippen molar-refractivity contribution in [2.45, 2.75) is 12.8 Å². The maximum absolute atomic E-state index is 6.96. The molecule has 0 spiro atoms. The molecular formula is C20H22N8. The van der Waals surface area contributed by atoms with Crippen LogP contribution in [-0.4, -0.2) is 39.2 Å². The number of hydrogen-bond acceptors (Lipinski definition) is 6. The molecule has 4 rings (SSSR count). The molecule has 1 atom stereocenters. The SMILES string of the molecule is [C-]#[N+]c1cnc(Nc2cc(NCC3CCCNC3)c(-n3cccc3)cn2)cn1. The van der Waals surface area contributed by atoms with Crippen LogP contribution in [0.25, 0.3) is 10.5 Å². The molecule has 0 aromatic carbocycles. The van der Waals surface area contributed by atoms with Crippen LogP contribution in [-0.2, 0) is 0 Å². The molecule has 1 aliphatic heterocycles. The van der Waals surface area contributed by atoms with Crippen LogP contribution in [0.4, 0.5) is 23.1 Å². The van der Waals surface area contributed by atoms with E-state index in [-0.39, 0.29) is 5.82 Å². The number of nitrogens with one attached hydrogen (secondary N) is 3. The van der Waals surface area contributed by atoms with Crippen molar-refractivity contribution in [1.29, 1.82) is 0 Å². The summed E-state index contributed by atoms with van der Waals surface area (Å²) >= 11 is 0. The van der Waals surface area contributed by atoms with E-state index in [0.717, 1.165) is 31.0 Å². The normalized spacial score (nSPS) is 16.3. The van der Waals surface area contributed by atoms with Gasteiger partial charge in [0.1, 0.15) is 5.82 Å². The minimum atomic E-state index is 0.268. The Labute approximate surface area is 163 Å². The largest absolute Gasteiger partial charge is 0.383 e. The fourth-order valence-electron chi connectivity index (χ4n) is 3.29. The molecule has 8 nitrogen and oxygen atoms in total. The highest BCUT2D eigenvalue weighted by Crippen LogP contribution is 2.25. The summed E-state index contributed by atoms with van der Waals surface area (Å²) in [5, 5.41) is 10.2. The highest BCUT2D eigenvalue weighted by Gasteiger charge is 2.14. The zero-order chi connectivity index (χ0) is 19.2. The molecule has 4 heterocycles. The molecule has 28 heavy (non-hydrogen) atoms. The molecule has 8 heteroatoms. The highest BCUT2D eigenvalue weighted by molar-refractivity contribution is 5.67. The monoisotopic (exact) mass is 374 g/mol. The van der Waals surface area contributed by atoms with E-state index in [2.05, 4.69) is 35.7 Å². The zero-order valence-corrected chi connectivity index (χ0v) is 15.5. The number of pyridine rings is 1. The maximum atomic E-state index is 6.96. The lowest BCUT2D eigenvalue weighted by Crippen LogP contribution is -2.33. The first-order valence-corrected chi connectivity index (χ1v) is 9.36. The molecular weight excluding hydrogens is 352 g/mol. The summed E-state index contributed by atoms with van der Waals surface area (Å²) in [4.78, 5) is 16.0. The second-order valence-corrected chi connectivity index (χ2v) is 6.77. The van der Waals surface area contributed by atoms with Crippen molar-refractivity contribution >= 4 is 23.1 Å². The van der Waals surface area contributed by atoms with Crippen LogP contribution in [0.15, 0.2) is 49.2 Å². The van der Waals surface area contributed by atoms with E-state index in [1.807, 2.05) is 41.4 Å². The van der Waals surface area contributed by atoms with Crippen molar-refractivity contribution in [1.82, 2.24) is 24.8 Å². The van der Waals surface area contributed by atoms with Gasteiger partial charge >= 0.3 is 0 Å². The van der Waals surface area contributed by atoms with Gasteiger partial charge < -0.3 is 25.4 Å². The van der Waals surface area contributed by atoms with E-state index >= 15 is 0 Å². The van der Waals surface area contributed by atoms with Crippen molar-refractivity contribution in [3.63, 3.8) is 0 Å². The first-order chi connectivity index (χ1) is 13.8. The van der Waals surface area contributed by atoms with Gasteiger partial charge in [-0.05, 0) is 44.0 Å². The van der Waals surface area contributed by atoms with E-state index < -0.39 is 0 Å². The van der Waals surface area contributed by atoms with Crippen molar-refractivity contribution in [3.8, 4) is 5.69 Å². The lowest BCUT2D eigenvalue weighted by Gasteiger charge is -2.24. The highest BCUT2D eigenvalue weighted by atomic mass is 15.1. The van der Waals surface area contributed by atoms with Crippen molar-refractivity contribution in [3.05, 3.63) is 60.6 Å². The molecule has 1 fully saturated rings. The summed E-state index contributed by atoms with van der Waals surface area (Å²) in [7, 11) is 0. The van der Waals surface area contributed by atoms with Crippen LogP contribution < -0.4 is 16.0 Å². The third-order valence-electron chi connectivity index (χ3n) is 4.75. The van der Waals surface area contributed by atoms with E-state index in [4.69, 9.17) is 6.57 Å². The van der Waals surface area contributed by atoms with Gasteiger partial charge in [-0.25, -0.2) is 9.97 Å². The Morgan fingerprint density at radius 2 is 2.00 bits per heavy atom. The van der Waals surface area contributed by atoms with E-state index in [0.29, 0.717) is 17.6 Å². The fourth-order valence-corrected chi connectivity index (χ4v) is 3.29. The topological polar surface area (TPSA) is 84.0 Å². The molecule has 1 aliphatic rings. The molecule has 1 saturated heterocycles. The summed E-state index contributed by atoms with van der Waals surface area (Å²) in [5.41, 5.74) is 2.00. The van der Waals surface area contributed by atoms with Crippen LogP contribution in [0, 0.1) is 12.5 Å². The van der Waals surface area contributed by atoms with E-state index in [1.165, 1.54) is 25.2 Å². The lowest BCUT2D eigenvalue weighted by atomic mass is 10.00. The van der Waals surface area contributed by atoms with Gasteiger partial charge in [-0.3, -0.25) is 0 Å². The Hall–Kier alpha value is -3.44. The van der Waals surface area contributed by atoms with Crippen LogP contribution in [0.3, 0.4) is 0 Å². The lowest BCUT2D eigenvalue weighted by molar-refractivity contribution is 0.393. The molecule has 0 amide bonds. The molecule has 142 valence electrons. The second kappa shape index (κ2) is 8.50. The minimum Gasteiger partial charge on any atom is -0.383 e. The van der Waals surface area contributed by atoms with Gasteiger partial charge in [0.05, 0.1) is 23.8 Å². The molecule has 0 bridgehead atoms. The molecule has 3 aromatic heterocycles. The Bertz CT molecular complexity index is 937. The summed E-state index contributed by atoms with van der Waals surface area (Å²) < 4.78 is 2.04. The number of hydrogen-bond donors (Lipinski definition) is 3. The van der Waals surface area contributed by atoms with Gasteiger partial charge in [0.2, 0.25) is 0 Å². The van der Waals surface area contributed by atoms with Gasteiger partial charge in [0, 0.05) is 25.0 Å². The van der Waals surface area contributed by atoms with Gasteiger partial charge in [0.25, 0.3) is 5.82 Å². The van der Waals surface area contributed by atoms with Crippen molar-refractivity contribution in [2.75, 3.05) is 30.3 Å². The molecule has 0 radical (unpaired) electrons. The number of nitrogens with zero attached hydrogens (tertiary/aromatic N) is 5. The molecule has 0 aliphatic carbocycles. The third-order valence-corrected chi connectivity index (χ3v) is 4.75. The third kappa shape index (κ3) is 4.27. The van der Waals surface area contributed by atoms with Crippen LogP contribution >= 0.6 is 0 Å². The minimum absolute atomic E-state index is 0.268. The Morgan fingerprint density at radius 3 is 2.71 bits per heavy atom. The summed E-state index contributed by atoms with van der Waals surface area (Å²) in [6.07, 6.45) is 11.3. The first kappa shape index (κ1) is 17.9. The van der Waals surface area contributed by atoms with Gasteiger partial charge in [-0.15, -0.1) is 4.98 Å². The van der Waals surface area contributed by atoms with Gasteiger partial charge in [0.15, 0.2) is 12.0 Å². The molecule has 1 unspecified atom stereocenters. The fraction of sp³-hybridized carbons (Fsp3) is 0.300. The Balaban J connectivity index is 1.55. The average Bonchev–Trinajstić information content (AvgIpc) is 3.28. The van der Waals surface area contributed by atoms with Gasteiger partial charge in [-0.1, -0.05) is 6.57 Å². The Morgan fingerprint density at radius 1 is 1.14 bits per heavy atom. The quantitative estimate of drug-likeness (QED) is 0.574. The molecule has 3 aromatic rings. The van der Waals surface area contributed by atoms with Crippen molar-refractivity contribution < 1.29 is 0 Å². The maximum Gasteiger partial charge on any atom is 0.288 e. The van der Waals surface area contributed by atoms with E-state index in [1.54, 1.807) is 0 Å². The summed E-state index contributed by atoms with van der Waals surface area (Å²) in [6.45, 7) is 10.0. The predicted molar refractivity (Wildman–Crippen MR) is 109 cm³/mol. The average molecular weight is 374 g/mol. The molecule has 0 saturated carbocycles. The standard InChI is InChI=1S/C20H22N8/c1-21-19-13-26-20(14-25-19)27-18-9-16(23-11-15-5-4-6-22-10-15)17(12-24-18)28-7-2-3-8-28/h2-3,7-9,12-15,22H,4-6,10-11H2,(H2,23,24,26,27). The summed E-state index contributed by atoms with van der Waals surface area (Å²) in [6, 6.07) is 5.97. The smallest absolute Gasteiger partial charge is 0.288 e. The van der Waals surface area contributed by atoms with Crippen LogP contribution in [0.5, 0.6) is 0 Å². The number of rotatable bonds is 6. The van der Waals surface area contributed by atoms with Crippen LogP contribution in [0.1, 0.15) is 12.8 Å². The summed E-state index contributed by atoms with van der Waals surface area (Å²) in [5.74, 6) is 2.11. The Kier molecular flexibility index (Phi) is 5.45. The van der Waals surface area contributed by atoms with E-state index in [9.17, 15) is 0 Å². The van der Waals surface area contributed by atoms with Crippen LogP contribution in [0.2, 0.25) is 0 Å². The van der Waals surface area contributed by atoms with Crippen molar-refractivity contribution in [2.24, 2.45) is 5.92 Å². The molecule has 3 N–H and O–H groups in total. The first-order valence-electron chi connectivity index (χ1n) is 9.36. The zero-order valence-electron chi connectivity index (χ0n) is 15.5. The predicted octanol–water partition coefficient (Wildman–Crippen LogP) is 3.37. The van der Waals surface area contributed by atoms with Gasteiger partial charge in [-0.2, -0.15) is 0 Å².